The summed E-state index contributed by atoms with van der Waals surface area (Å²) < 4.78 is 5.33. The molecule has 150 valence electrons. The van der Waals surface area contributed by atoms with Crippen molar-refractivity contribution in [3.8, 4) is 5.75 Å². The lowest BCUT2D eigenvalue weighted by Gasteiger charge is -2.36. The van der Waals surface area contributed by atoms with E-state index in [9.17, 15) is 4.79 Å². The number of carbonyl (C=O) groups excluding carboxylic acids is 1. The molecule has 0 fully saturated rings. The summed E-state index contributed by atoms with van der Waals surface area (Å²) in [5, 5.41) is 1.78. The number of ether oxygens (including phenoxy) is 1. The monoisotopic (exact) mass is 416 g/mol. The highest BCUT2D eigenvalue weighted by Crippen LogP contribution is 2.39. The molecule has 1 atom stereocenters. The summed E-state index contributed by atoms with van der Waals surface area (Å²) in [6.45, 7) is 0.636. The minimum Gasteiger partial charge on any atom is -0.497 e. The molecule has 0 bridgehead atoms. The Labute approximate surface area is 180 Å². The van der Waals surface area contributed by atoms with Gasteiger partial charge in [0.2, 0.25) is 0 Å². The number of nitrogens with one attached hydrogen (secondary N) is 1. The van der Waals surface area contributed by atoms with Crippen molar-refractivity contribution in [2.24, 2.45) is 0 Å². The number of fused-ring (bicyclic) bond motifs is 3. The number of methoxy groups -OCH3 is 1. The van der Waals surface area contributed by atoms with Gasteiger partial charge in [0, 0.05) is 33.7 Å². The molecule has 1 unspecified atom stereocenters. The molecular weight excluding hydrogens is 396 g/mol. The zero-order chi connectivity index (χ0) is 20.7. The summed E-state index contributed by atoms with van der Waals surface area (Å²) in [6, 6.07) is 23.2. The van der Waals surface area contributed by atoms with Crippen LogP contribution in [0.5, 0.6) is 5.75 Å². The highest BCUT2D eigenvalue weighted by Gasteiger charge is 2.35. The predicted octanol–water partition coefficient (Wildman–Crippen LogP) is 5.62. The Bertz CT molecular complexity index is 1230. The van der Waals surface area contributed by atoms with Gasteiger partial charge in [-0.15, -0.1) is 0 Å². The number of halogens is 1. The summed E-state index contributed by atoms with van der Waals surface area (Å²) >= 11 is 6.16. The average molecular weight is 417 g/mol. The summed E-state index contributed by atoms with van der Waals surface area (Å²) in [7, 11) is 1.65. The van der Waals surface area contributed by atoms with Crippen molar-refractivity contribution in [2.45, 2.75) is 12.5 Å². The first kappa shape index (κ1) is 18.8. The number of aromatic amines is 1. The molecule has 0 spiro atoms. The molecule has 1 amide bonds. The standard InChI is InChI=1S/C25H21ClN2O2/c1-30-19-11-9-16(10-12-19)24-23-21(20-7-2-3-8-22(20)27-23)13-14-28(24)25(29)17-5-4-6-18(26)15-17/h2-12,15,24,27H,13-14H2,1H3. The highest BCUT2D eigenvalue weighted by atomic mass is 35.5. The van der Waals surface area contributed by atoms with Crippen molar-refractivity contribution in [1.29, 1.82) is 0 Å². The van der Waals surface area contributed by atoms with Gasteiger partial charge in [-0.1, -0.05) is 48.0 Å². The number of nitrogens with zero attached hydrogens (tertiary/aromatic N) is 1. The van der Waals surface area contributed by atoms with Crippen molar-refractivity contribution in [1.82, 2.24) is 9.88 Å². The number of aromatic nitrogens is 1. The Kier molecular flexibility index (Phi) is 4.72. The Morgan fingerprint density at radius 2 is 1.87 bits per heavy atom. The number of hydrogen-bond donors (Lipinski definition) is 1. The summed E-state index contributed by atoms with van der Waals surface area (Å²) in [6.07, 6.45) is 0.804. The van der Waals surface area contributed by atoms with E-state index in [1.807, 2.05) is 47.4 Å². The first-order chi connectivity index (χ1) is 14.7. The van der Waals surface area contributed by atoms with Gasteiger partial charge in [0.15, 0.2) is 0 Å². The second-order valence-corrected chi connectivity index (χ2v) is 7.93. The third-order valence-electron chi connectivity index (χ3n) is 5.80. The maximum Gasteiger partial charge on any atom is 0.254 e. The van der Waals surface area contributed by atoms with Crippen LogP contribution in [0.25, 0.3) is 10.9 Å². The molecule has 4 nitrogen and oxygen atoms in total. The Balaban J connectivity index is 1.65. The number of para-hydroxylation sites is 1. The zero-order valence-corrected chi connectivity index (χ0v) is 17.3. The molecule has 0 aliphatic carbocycles. The van der Waals surface area contributed by atoms with E-state index < -0.39 is 0 Å². The number of benzene rings is 3. The number of carbonyl (C=O) groups is 1. The van der Waals surface area contributed by atoms with Crippen LogP contribution >= 0.6 is 11.6 Å². The molecule has 3 aromatic carbocycles. The lowest BCUT2D eigenvalue weighted by Crippen LogP contribution is -2.40. The van der Waals surface area contributed by atoms with E-state index in [-0.39, 0.29) is 11.9 Å². The summed E-state index contributed by atoms with van der Waals surface area (Å²) in [5.41, 5.74) is 5.09. The fourth-order valence-electron chi connectivity index (χ4n) is 4.38. The molecule has 1 aromatic heterocycles. The van der Waals surface area contributed by atoms with E-state index in [0.717, 1.165) is 28.9 Å². The second-order valence-electron chi connectivity index (χ2n) is 7.50. The van der Waals surface area contributed by atoms with Gasteiger partial charge in [-0.3, -0.25) is 4.79 Å². The van der Waals surface area contributed by atoms with Gasteiger partial charge in [0.05, 0.1) is 13.2 Å². The lowest BCUT2D eigenvalue weighted by atomic mass is 9.91. The van der Waals surface area contributed by atoms with Crippen LogP contribution in [0.1, 0.15) is 33.2 Å². The molecule has 0 saturated heterocycles. The highest BCUT2D eigenvalue weighted by molar-refractivity contribution is 6.31. The van der Waals surface area contributed by atoms with Gasteiger partial charge in [0.1, 0.15) is 5.75 Å². The van der Waals surface area contributed by atoms with Crippen LogP contribution in [0.3, 0.4) is 0 Å². The van der Waals surface area contributed by atoms with Crippen molar-refractivity contribution in [2.75, 3.05) is 13.7 Å². The van der Waals surface area contributed by atoms with Gasteiger partial charge in [0.25, 0.3) is 5.91 Å². The third-order valence-corrected chi connectivity index (χ3v) is 6.03. The second kappa shape index (κ2) is 7.54. The number of rotatable bonds is 3. The Morgan fingerprint density at radius 3 is 2.63 bits per heavy atom. The van der Waals surface area contributed by atoms with Crippen molar-refractivity contribution < 1.29 is 9.53 Å². The maximum atomic E-state index is 13.5. The molecule has 2 heterocycles. The first-order valence-electron chi connectivity index (χ1n) is 9.95. The van der Waals surface area contributed by atoms with Crippen molar-refractivity contribution >= 4 is 28.4 Å². The van der Waals surface area contributed by atoms with E-state index in [1.165, 1.54) is 10.9 Å². The van der Waals surface area contributed by atoms with Gasteiger partial charge < -0.3 is 14.6 Å². The molecule has 30 heavy (non-hydrogen) atoms. The Morgan fingerprint density at radius 1 is 1.07 bits per heavy atom. The largest absolute Gasteiger partial charge is 0.497 e. The molecule has 1 aliphatic heterocycles. The summed E-state index contributed by atoms with van der Waals surface area (Å²) in [4.78, 5) is 19.0. The molecule has 5 rings (SSSR count). The molecule has 5 heteroatoms. The van der Waals surface area contributed by atoms with E-state index in [1.54, 1.807) is 19.2 Å². The number of amides is 1. The minimum atomic E-state index is -0.210. The first-order valence-corrected chi connectivity index (χ1v) is 10.3. The SMILES string of the molecule is COc1ccc(C2c3[nH]c4ccccc4c3CCN2C(=O)c2cccc(Cl)c2)cc1. The zero-order valence-electron chi connectivity index (χ0n) is 16.6. The van der Waals surface area contributed by atoms with E-state index in [0.29, 0.717) is 17.1 Å². The van der Waals surface area contributed by atoms with Crippen LogP contribution in [0.15, 0.2) is 72.8 Å². The normalized spacial score (nSPS) is 15.8. The van der Waals surface area contributed by atoms with Crippen LogP contribution in [0.4, 0.5) is 0 Å². The van der Waals surface area contributed by atoms with Gasteiger partial charge in [-0.05, 0) is 53.9 Å². The van der Waals surface area contributed by atoms with Crippen LogP contribution in [0.2, 0.25) is 5.02 Å². The molecule has 4 aromatic rings. The predicted molar refractivity (Wildman–Crippen MR) is 119 cm³/mol. The summed E-state index contributed by atoms with van der Waals surface area (Å²) in [5.74, 6) is 0.766. The van der Waals surface area contributed by atoms with E-state index >= 15 is 0 Å². The topological polar surface area (TPSA) is 45.3 Å². The number of H-pyrrole nitrogens is 1. The van der Waals surface area contributed by atoms with Gasteiger partial charge >= 0.3 is 0 Å². The van der Waals surface area contributed by atoms with Crippen LogP contribution in [-0.2, 0) is 6.42 Å². The van der Waals surface area contributed by atoms with Crippen molar-refractivity contribution in [3.05, 3.63) is 100 Å². The smallest absolute Gasteiger partial charge is 0.254 e. The van der Waals surface area contributed by atoms with Crippen LogP contribution < -0.4 is 4.74 Å². The molecule has 0 saturated carbocycles. The Hall–Kier alpha value is -3.24. The quantitative estimate of drug-likeness (QED) is 0.471. The van der Waals surface area contributed by atoms with Crippen LogP contribution in [0, 0.1) is 0 Å². The van der Waals surface area contributed by atoms with E-state index in [4.69, 9.17) is 16.3 Å². The maximum absolute atomic E-state index is 13.5. The minimum absolute atomic E-state index is 0.0253. The average Bonchev–Trinajstić information content (AvgIpc) is 3.17. The molecule has 1 N–H and O–H groups in total. The van der Waals surface area contributed by atoms with Crippen LogP contribution in [-0.4, -0.2) is 29.4 Å². The molecule has 1 aliphatic rings. The van der Waals surface area contributed by atoms with Gasteiger partial charge in [-0.25, -0.2) is 0 Å². The lowest BCUT2D eigenvalue weighted by molar-refractivity contribution is 0.0692. The third kappa shape index (κ3) is 3.14. The van der Waals surface area contributed by atoms with Gasteiger partial charge in [-0.2, -0.15) is 0 Å². The fraction of sp³-hybridized carbons (Fsp3) is 0.160. The molecule has 0 radical (unpaired) electrons. The van der Waals surface area contributed by atoms with Crippen molar-refractivity contribution in [3.63, 3.8) is 0 Å². The molecular formula is C25H21ClN2O2. The fourth-order valence-corrected chi connectivity index (χ4v) is 4.57. The number of hydrogen-bond acceptors (Lipinski definition) is 2. The van der Waals surface area contributed by atoms with E-state index in [2.05, 4.69) is 23.2 Å².